The maximum absolute atomic E-state index is 12.5. The lowest BCUT2D eigenvalue weighted by Crippen LogP contribution is -2.27. The Morgan fingerprint density at radius 1 is 0.931 bits per heavy atom. The predicted molar refractivity (Wildman–Crippen MR) is 113 cm³/mol. The first-order valence-corrected chi connectivity index (χ1v) is 9.32. The highest BCUT2D eigenvalue weighted by molar-refractivity contribution is 5.93. The molecular weight excluding hydrogens is 366 g/mol. The third kappa shape index (κ3) is 6.14. The van der Waals surface area contributed by atoms with Gasteiger partial charge in [0, 0.05) is 30.9 Å². The Morgan fingerprint density at radius 2 is 1.62 bits per heavy atom. The van der Waals surface area contributed by atoms with Crippen molar-refractivity contribution in [1.82, 2.24) is 15.3 Å². The number of anilines is 3. The van der Waals surface area contributed by atoms with Gasteiger partial charge in [0.1, 0.15) is 17.3 Å². The van der Waals surface area contributed by atoms with E-state index in [9.17, 15) is 9.59 Å². The average Bonchev–Trinajstić information content (AvgIpc) is 2.69. The van der Waals surface area contributed by atoms with Gasteiger partial charge in [-0.25, -0.2) is 9.97 Å². The fourth-order valence-electron chi connectivity index (χ4n) is 2.79. The number of benzene rings is 2. The summed E-state index contributed by atoms with van der Waals surface area (Å²) in [5, 5.41) is 8.77. The van der Waals surface area contributed by atoms with Crippen LogP contribution >= 0.6 is 0 Å². The van der Waals surface area contributed by atoms with E-state index in [1.165, 1.54) is 6.92 Å². The first-order chi connectivity index (χ1) is 14.0. The van der Waals surface area contributed by atoms with Crippen molar-refractivity contribution in [2.75, 3.05) is 17.2 Å². The summed E-state index contributed by atoms with van der Waals surface area (Å²) < 4.78 is 0. The zero-order chi connectivity index (χ0) is 20.6. The summed E-state index contributed by atoms with van der Waals surface area (Å²) in [5.74, 6) is 0.659. The van der Waals surface area contributed by atoms with E-state index >= 15 is 0 Å². The van der Waals surface area contributed by atoms with E-state index in [4.69, 9.17) is 0 Å². The number of hydrogen-bond acceptors (Lipinski definition) is 5. The smallest absolute Gasteiger partial charge is 0.270 e. The van der Waals surface area contributed by atoms with E-state index < -0.39 is 0 Å². The van der Waals surface area contributed by atoms with Gasteiger partial charge in [-0.05, 0) is 43.2 Å². The van der Waals surface area contributed by atoms with Crippen molar-refractivity contribution in [2.24, 2.45) is 0 Å². The average molecular weight is 389 g/mol. The lowest BCUT2D eigenvalue weighted by molar-refractivity contribution is -0.114. The van der Waals surface area contributed by atoms with E-state index in [2.05, 4.69) is 25.9 Å². The van der Waals surface area contributed by atoms with Crippen LogP contribution in [-0.4, -0.2) is 28.3 Å². The molecule has 0 fully saturated rings. The second-order valence-electron chi connectivity index (χ2n) is 6.56. The molecule has 0 bridgehead atoms. The highest BCUT2D eigenvalue weighted by atomic mass is 16.2. The second-order valence-corrected chi connectivity index (χ2v) is 6.56. The summed E-state index contributed by atoms with van der Waals surface area (Å²) >= 11 is 0. The van der Waals surface area contributed by atoms with Gasteiger partial charge in [0.25, 0.3) is 5.91 Å². The molecule has 0 saturated carbocycles. The maximum atomic E-state index is 12.5. The summed E-state index contributed by atoms with van der Waals surface area (Å²) in [4.78, 5) is 32.1. The molecule has 0 aliphatic rings. The van der Waals surface area contributed by atoms with Crippen LogP contribution in [0.2, 0.25) is 0 Å². The third-order valence-electron chi connectivity index (χ3n) is 4.09. The Kier molecular flexibility index (Phi) is 6.52. The second kappa shape index (κ2) is 9.45. The molecular formula is C22H23N5O2. The van der Waals surface area contributed by atoms with Gasteiger partial charge in [-0.2, -0.15) is 0 Å². The Hall–Kier alpha value is -3.74. The molecule has 0 spiro atoms. The number of amides is 2. The summed E-state index contributed by atoms with van der Waals surface area (Å²) in [7, 11) is 0. The van der Waals surface area contributed by atoms with Crippen LogP contribution in [0.5, 0.6) is 0 Å². The van der Waals surface area contributed by atoms with Crippen LogP contribution in [0.4, 0.5) is 17.2 Å². The summed E-state index contributed by atoms with van der Waals surface area (Å²) in [6, 6.07) is 18.8. The predicted octanol–water partition coefficient (Wildman–Crippen LogP) is 3.46. The summed E-state index contributed by atoms with van der Waals surface area (Å²) in [6.45, 7) is 3.73. The first kappa shape index (κ1) is 20.0. The SMILES string of the molecule is CC(=O)Nc1ccc(Nc2cc(C(=O)NCCc3ccccc3)nc(C)n2)cc1. The Balaban J connectivity index is 1.62. The Labute approximate surface area is 169 Å². The first-order valence-electron chi connectivity index (χ1n) is 9.32. The minimum absolute atomic E-state index is 0.125. The van der Waals surface area contributed by atoms with Gasteiger partial charge in [-0.1, -0.05) is 30.3 Å². The highest BCUT2D eigenvalue weighted by Gasteiger charge is 2.10. The maximum Gasteiger partial charge on any atom is 0.270 e. The number of nitrogens with one attached hydrogen (secondary N) is 3. The lowest BCUT2D eigenvalue weighted by atomic mass is 10.1. The minimum atomic E-state index is -0.240. The largest absolute Gasteiger partial charge is 0.350 e. The van der Waals surface area contributed by atoms with E-state index in [1.807, 2.05) is 42.5 Å². The molecule has 148 valence electrons. The molecule has 2 amide bonds. The van der Waals surface area contributed by atoms with Crippen LogP contribution in [0.15, 0.2) is 60.7 Å². The van der Waals surface area contributed by atoms with Crippen molar-refractivity contribution in [3.05, 3.63) is 77.7 Å². The van der Waals surface area contributed by atoms with Gasteiger partial charge >= 0.3 is 0 Å². The van der Waals surface area contributed by atoms with Crippen molar-refractivity contribution in [3.63, 3.8) is 0 Å². The van der Waals surface area contributed by atoms with Crippen LogP contribution in [-0.2, 0) is 11.2 Å². The Bertz CT molecular complexity index is 988. The molecule has 1 heterocycles. The number of aromatic nitrogens is 2. The number of nitrogens with zero attached hydrogens (tertiary/aromatic N) is 2. The standard InChI is InChI=1S/C22H23N5O2/c1-15-24-20(22(29)23-13-12-17-6-4-3-5-7-17)14-21(25-15)27-19-10-8-18(9-11-19)26-16(2)28/h3-11,14H,12-13H2,1-2H3,(H,23,29)(H,26,28)(H,24,25,27). The third-order valence-corrected chi connectivity index (χ3v) is 4.09. The van der Waals surface area contributed by atoms with Crippen LogP contribution in [0, 0.1) is 6.92 Å². The molecule has 0 atom stereocenters. The van der Waals surface area contributed by atoms with Crippen LogP contribution in [0.3, 0.4) is 0 Å². The molecule has 29 heavy (non-hydrogen) atoms. The van der Waals surface area contributed by atoms with Crippen LogP contribution in [0.1, 0.15) is 28.8 Å². The zero-order valence-electron chi connectivity index (χ0n) is 16.4. The van der Waals surface area contributed by atoms with E-state index in [1.54, 1.807) is 25.1 Å². The molecule has 1 aromatic heterocycles. The Morgan fingerprint density at radius 3 is 2.31 bits per heavy atom. The summed E-state index contributed by atoms with van der Waals surface area (Å²) in [6.07, 6.45) is 0.752. The molecule has 3 N–H and O–H groups in total. The van der Waals surface area contributed by atoms with Crippen molar-refractivity contribution < 1.29 is 9.59 Å². The molecule has 0 saturated heterocycles. The molecule has 0 unspecified atom stereocenters. The van der Waals surface area contributed by atoms with Gasteiger partial charge in [-0.15, -0.1) is 0 Å². The normalized spacial score (nSPS) is 10.3. The number of aryl methyl sites for hydroxylation is 1. The summed E-state index contributed by atoms with van der Waals surface area (Å²) in [5.41, 5.74) is 2.97. The van der Waals surface area contributed by atoms with Gasteiger partial charge in [-0.3, -0.25) is 9.59 Å². The lowest BCUT2D eigenvalue weighted by Gasteiger charge is -2.10. The van der Waals surface area contributed by atoms with E-state index in [0.29, 0.717) is 29.6 Å². The quantitative estimate of drug-likeness (QED) is 0.575. The fourth-order valence-corrected chi connectivity index (χ4v) is 2.79. The van der Waals surface area contributed by atoms with E-state index in [0.717, 1.165) is 17.7 Å². The van der Waals surface area contributed by atoms with Gasteiger partial charge in [0.2, 0.25) is 5.91 Å². The van der Waals surface area contributed by atoms with Crippen LogP contribution < -0.4 is 16.0 Å². The molecule has 7 heteroatoms. The van der Waals surface area contributed by atoms with Crippen molar-refractivity contribution in [3.8, 4) is 0 Å². The van der Waals surface area contributed by atoms with E-state index in [-0.39, 0.29) is 11.8 Å². The fraction of sp³-hybridized carbons (Fsp3) is 0.182. The monoisotopic (exact) mass is 389 g/mol. The van der Waals surface area contributed by atoms with Gasteiger partial charge in [0.15, 0.2) is 0 Å². The molecule has 3 rings (SSSR count). The highest BCUT2D eigenvalue weighted by Crippen LogP contribution is 2.18. The molecule has 0 aliphatic carbocycles. The van der Waals surface area contributed by atoms with Crippen LogP contribution in [0.25, 0.3) is 0 Å². The molecule has 0 radical (unpaired) electrons. The molecule has 2 aromatic carbocycles. The van der Waals surface area contributed by atoms with Gasteiger partial charge in [0.05, 0.1) is 0 Å². The van der Waals surface area contributed by atoms with Crippen molar-refractivity contribution >= 4 is 29.0 Å². The number of rotatable bonds is 7. The minimum Gasteiger partial charge on any atom is -0.350 e. The number of carbonyl (C=O) groups excluding carboxylic acids is 2. The van der Waals surface area contributed by atoms with Crippen molar-refractivity contribution in [1.29, 1.82) is 0 Å². The topological polar surface area (TPSA) is 96.0 Å². The van der Waals surface area contributed by atoms with Gasteiger partial charge < -0.3 is 16.0 Å². The molecule has 0 aliphatic heterocycles. The van der Waals surface area contributed by atoms with Crippen molar-refractivity contribution in [2.45, 2.75) is 20.3 Å². The zero-order valence-corrected chi connectivity index (χ0v) is 16.4. The number of hydrogen-bond donors (Lipinski definition) is 3. The number of carbonyl (C=O) groups is 2. The molecule has 7 nitrogen and oxygen atoms in total. The molecule has 3 aromatic rings.